The van der Waals surface area contributed by atoms with Crippen molar-refractivity contribution in [2.24, 2.45) is 0 Å². The summed E-state index contributed by atoms with van der Waals surface area (Å²) < 4.78 is 16.8. The summed E-state index contributed by atoms with van der Waals surface area (Å²) >= 11 is 0. The van der Waals surface area contributed by atoms with Crippen LogP contribution in [-0.2, 0) is 28.6 Å². The molecule has 0 saturated carbocycles. The van der Waals surface area contributed by atoms with Gasteiger partial charge in [0.25, 0.3) is 0 Å². The molecule has 0 aliphatic heterocycles. The summed E-state index contributed by atoms with van der Waals surface area (Å²) in [5.41, 5.74) is 0. The van der Waals surface area contributed by atoms with Crippen molar-refractivity contribution in [3.8, 4) is 0 Å². The zero-order valence-electron chi connectivity index (χ0n) is 43.3. The van der Waals surface area contributed by atoms with E-state index >= 15 is 0 Å². The van der Waals surface area contributed by atoms with E-state index < -0.39 is 6.10 Å². The van der Waals surface area contributed by atoms with Crippen LogP contribution in [0, 0.1) is 0 Å². The highest BCUT2D eigenvalue weighted by molar-refractivity contribution is 5.71. The Bertz CT molecular complexity index is 1140. The molecule has 0 aromatic rings. The Labute approximate surface area is 403 Å². The van der Waals surface area contributed by atoms with E-state index in [0.29, 0.717) is 19.3 Å². The van der Waals surface area contributed by atoms with Crippen LogP contribution < -0.4 is 0 Å². The fourth-order valence-electron chi connectivity index (χ4n) is 8.14. The molecule has 0 aromatic heterocycles. The van der Waals surface area contributed by atoms with E-state index in [1.54, 1.807) is 0 Å². The van der Waals surface area contributed by atoms with E-state index in [-0.39, 0.29) is 31.1 Å². The monoisotopic (exact) mass is 911 g/mol. The van der Waals surface area contributed by atoms with Gasteiger partial charge in [-0.25, -0.2) is 0 Å². The molecule has 0 heterocycles. The molecular weight excluding hydrogens is 805 g/mol. The Hall–Kier alpha value is -2.63. The molecule has 6 heteroatoms. The second-order valence-electron chi connectivity index (χ2n) is 18.8. The summed E-state index contributed by atoms with van der Waals surface area (Å²) in [5, 5.41) is 0. The molecule has 0 bridgehead atoms. The highest BCUT2D eigenvalue weighted by atomic mass is 16.6. The zero-order chi connectivity index (χ0) is 47.2. The zero-order valence-corrected chi connectivity index (χ0v) is 43.3. The Balaban J connectivity index is 4.28. The van der Waals surface area contributed by atoms with Gasteiger partial charge in [0.1, 0.15) is 13.2 Å². The molecule has 1 atom stereocenters. The molecule has 0 aliphatic carbocycles. The van der Waals surface area contributed by atoms with Gasteiger partial charge in [-0.3, -0.25) is 14.4 Å². The van der Waals surface area contributed by atoms with Crippen LogP contribution in [0.15, 0.2) is 48.6 Å². The molecule has 0 aliphatic rings. The number of ether oxygens (including phenoxy) is 3. The number of rotatable bonds is 51. The lowest BCUT2D eigenvalue weighted by Gasteiger charge is -2.18. The van der Waals surface area contributed by atoms with Gasteiger partial charge in [0.15, 0.2) is 6.10 Å². The van der Waals surface area contributed by atoms with Gasteiger partial charge in [-0.05, 0) is 57.8 Å². The van der Waals surface area contributed by atoms with Gasteiger partial charge < -0.3 is 14.2 Å². The highest BCUT2D eigenvalue weighted by Gasteiger charge is 2.19. The largest absolute Gasteiger partial charge is 0.462 e. The normalized spacial score (nSPS) is 12.4. The Morgan fingerprint density at radius 1 is 0.323 bits per heavy atom. The molecule has 1 unspecified atom stereocenters. The lowest BCUT2D eigenvalue weighted by molar-refractivity contribution is -0.167. The molecule has 0 fully saturated rings. The third kappa shape index (κ3) is 52.2. The van der Waals surface area contributed by atoms with Crippen LogP contribution in [0.3, 0.4) is 0 Å². The molecule has 0 rings (SSSR count). The second-order valence-corrected chi connectivity index (χ2v) is 18.8. The van der Waals surface area contributed by atoms with E-state index in [1.165, 1.54) is 161 Å². The molecule has 6 nitrogen and oxygen atoms in total. The van der Waals surface area contributed by atoms with Crippen LogP contribution in [-0.4, -0.2) is 37.2 Å². The maximum Gasteiger partial charge on any atom is 0.306 e. The molecule has 378 valence electrons. The Kier molecular flexibility index (Phi) is 51.8. The number of unbranched alkanes of at least 4 members (excludes halogenated alkanes) is 32. The van der Waals surface area contributed by atoms with E-state index in [2.05, 4.69) is 69.4 Å². The minimum absolute atomic E-state index is 0.0714. The SMILES string of the molecule is CC/C=C\C/C=C\C/C=C\C/C=C\CCCCCCCCCCC(=O)OCC(COC(=O)CCCCCCCCCCCC)OC(=O)CCCCCCCCCCCCCCCCCC. The lowest BCUT2D eigenvalue weighted by atomic mass is 10.0. The number of esters is 3. The highest BCUT2D eigenvalue weighted by Crippen LogP contribution is 2.16. The Morgan fingerprint density at radius 3 is 0.938 bits per heavy atom. The van der Waals surface area contributed by atoms with Gasteiger partial charge in [0.2, 0.25) is 0 Å². The Morgan fingerprint density at radius 2 is 0.600 bits per heavy atom. The predicted molar refractivity (Wildman–Crippen MR) is 279 cm³/mol. The first-order chi connectivity index (χ1) is 32.0. The topological polar surface area (TPSA) is 78.9 Å². The van der Waals surface area contributed by atoms with Gasteiger partial charge in [0.05, 0.1) is 0 Å². The molecule has 0 radical (unpaired) electrons. The average molecular weight is 911 g/mol. The first-order valence-electron chi connectivity index (χ1n) is 28.1. The van der Waals surface area contributed by atoms with Gasteiger partial charge in [-0.1, -0.05) is 262 Å². The number of carbonyl (C=O) groups is 3. The first-order valence-corrected chi connectivity index (χ1v) is 28.1. The van der Waals surface area contributed by atoms with Crippen molar-refractivity contribution in [1.29, 1.82) is 0 Å². The average Bonchev–Trinajstić information content (AvgIpc) is 3.30. The summed E-state index contributed by atoms with van der Waals surface area (Å²) in [7, 11) is 0. The smallest absolute Gasteiger partial charge is 0.306 e. The van der Waals surface area contributed by atoms with Crippen molar-refractivity contribution >= 4 is 17.9 Å². The molecule has 0 aromatic carbocycles. The minimum atomic E-state index is -0.771. The summed E-state index contributed by atoms with van der Waals surface area (Å²) in [6.07, 6.45) is 65.3. The first kappa shape index (κ1) is 62.4. The summed E-state index contributed by atoms with van der Waals surface area (Å²) in [4.78, 5) is 38.0. The van der Waals surface area contributed by atoms with Gasteiger partial charge >= 0.3 is 17.9 Å². The van der Waals surface area contributed by atoms with Crippen LogP contribution in [0.2, 0.25) is 0 Å². The molecule has 0 saturated heterocycles. The summed E-state index contributed by atoms with van der Waals surface area (Å²) in [5.74, 6) is -0.867. The van der Waals surface area contributed by atoms with E-state index in [9.17, 15) is 14.4 Å². The quantitative estimate of drug-likeness (QED) is 0.0262. The number of allylic oxidation sites excluding steroid dienone is 8. The summed E-state index contributed by atoms with van der Waals surface area (Å²) in [6, 6.07) is 0. The van der Waals surface area contributed by atoms with Crippen LogP contribution in [0.4, 0.5) is 0 Å². The van der Waals surface area contributed by atoms with Gasteiger partial charge in [-0.2, -0.15) is 0 Å². The number of hydrogen-bond acceptors (Lipinski definition) is 6. The van der Waals surface area contributed by atoms with Gasteiger partial charge in [0, 0.05) is 19.3 Å². The fraction of sp³-hybridized carbons (Fsp3) is 0.814. The van der Waals surface area contributed by atoms with Crippen molar-refractivity contribution < 1.29 is 28.6 Å². The van der Waals surface area contributed by atoms with Crippen LogP contribution in [0.5, 0.6) is 0 Å². The predicted octanol–water partition coefficient (Wildman–Crippen LogP) is 18.7. The van der Waals surface area contributed by atoms with E-state index in [0.717, 1.165) is 89.9 Å². The molecule has 0 spiro atoms. The maximum atomic E-state index is 12.8. The van der Waals surface area contributed by atoms with Crippen molar-refractivity contribution in [3.05, 3.63) is 48.6 Å². The van der Waals surface area contributed by atoms with Gasteiger partial charge in [-0.15, -0.1) is 0 Å². The second kappa shape index (κ2) is 54.0. The molecule has 0 N–H and O–H groups in total. The maximum absolute atomic E-state index is 12.8. The van der Waals surface area contributed by atoms with Crippen LogP contribution in [0.25, 0.3) is 0 Å². The number of hydrogen-bond donors (Lipinski definition) is 0. The van der Waals surface area contributed by atoms with E-state index in [1.807, 2.05) is 0 Å². The van der Waals surface area contributed by atoms with Crippen LogP contribution in [0.1, 0.15) is 290 Å². The van der Waals surface area contributed by atoms with Crippen molar-refractivity contribution in [1.82, 2.24) is 0 Å². The number of carbonyl (C=O) groups excluding carboxylic acids is 3. The fourth-order valence-corrected chi connectivity index (χ4v) is 8.14. The van der Waals surface area contributed by atoms with Crippen molar-refractivity contribution in [2.45, 2.75) is 297 Å². The molecule has 65 heavy (non-hydrogen) atoms. The molecule has 0 amide bonds. The third-order valence-electron chi connectivity index (χ3n) is 12.3. The summed E-state index contributed by atoms with van der Waals surface area (Å²) in [6.45, 7) is 6.54. The van der Waals surface area contributed by atoms with E-state index in [4.69, 9.17) is 14.2 Å². The molecular formula is C59H106O6. The van der Waals surface area contributed by atoms with Crippen molar-refractivity contribution in [3.63, 3.8) is 0 Å². The third-order valence-corrected chi connectivity index (χ3v) is 12.3. The van der Waals surface area contributed by atoms with Crippen molar-refractivity contribution in [2.75, 3.05) is 13.2 Å². The van der Waals surface area contributed by atoms with Crippen LogP contribution >= 0.6 is 0 Å². The standard InChI is InChI=1S/C59H106O6/c1-4-7-10-13-16-19-22-24-26-28-29-30-31-32-34-35-37-40-43-46-49-52-58(61)64-55-56(54-63-57(60)51-48-45-42-39-21-18-15-12-9-6-3)65-59(62)53-50-47-44-41-38-36-33-27-25-23-20-17-14-11-8-5-2/h7,10,16,19,24,26,29-30,56H,4-6,8-9,11-15,17-18,20-23,25,27-28,31-55H2,1-3H3/b10-7-,19-16-,26-24-,30-29-. The minimum Gasteiger partial charge on any atom is -0.462 e. The lowest BCUT2D eigenvalue weighted by Crippen LogP contribution is -2.30.